The predicted molar refractivity (Wildman–Crippen MR) is 75.1 cm³/mol. The van der Waals surface area contributed by atoms with Crippen molar-refractivity contribution in [3.8, 4) is 0 Å². The number of hydrogen-bond donors (Lipinski definition) is 2. The van der Waals surface area contributed by atoms with Crippen molar-refractivity contribution in [3.05, 3.63) is 0 Å². The number of hydrogen-bond acceptors (Lipinski definition) is 5. The van der Waals surface area contributed by atoms with E-state index in [1.54, 1.807) is 20.8 Å². The molecule has 0 aliphatic heterocycles. The van der Waals surface area contributed by atoms with Crippen molar-refractivity contribution in [1.82, 2.24) is 4.72 Å². The van der Waals surface area contributed by atoms with Crippen LogP contribution in [0.15, 0.2) is 0 Å². The molecule has 0 aliphatic carbocycles. The van der Waals surface area contributed by atoms with Crippen molar-refractivity contribution in [3.63, 3.8) is 0 Å². The van der Waals surface area contributed by atoms with Gasteiger partial charge in [-0.1, -0.05) is 13.3 Å². The lowest BCUT2D eigenvalue weighted by molar-refractivity contribution is -0.156. The van der Waals surface area contributed by atoms with Crippen LogP contribution in [-0.2, 0) is 19.6 Å². The second-order valence-corrected chi connectivity index (χ2v) is 7.42. The van der Waals surface area contributed by atoms with Gasteiger partial charge in [-0.2, -0.15) is 0 Å². The Labute approximate surface area is 116 Å². The third-order valence-electron chi connectivity index (χ3n) is 2.25. The molecule has 0 spiro atoms. The highest BCUT2D eigenvalue weighted by molar-refractivity contribution is 7.89. The summed E-state index contributed by atoms with van der Waals surface area (Å²) in [7, 11) is -3.26. The molecule has 114 valence electrons. The summed E-state index contributed by atoms with van der Waals surface area (Å²) in [4.78, 5) is 11.6. The highest BCUT2D eigenvalue weighted by Crippen LogP contribution is 2.08. The lowest BCUT2D eigenvalue weighted by Gasteiger charge is -2.22. The molecule has 0 saturated carbocycles. The molecule has 6 nitrogen and oxygen atoms in total. The standard InChI is InChI=1S/C12H26N2O4S/c1-5-6-9-19(16,17)14-8-7-10(13)11(15)18-12(2,3)4/h10,14H,5-9,13H2,1-4H3/t10-/m0/s1. The van der Waals surface area contributed by atoms with E-state index < -0.39 is 27.6 Å². The predicted octanol–water partition coefficient (Wildman–Crippen LogP) is 0.765. The molecule has 0 amide bonds. The first kappa shape index (κ1) is 18.3. The quantitative estimate of drug-likeness (QED) is 0.644. The third kappa shape index (κ3) is 9.86. The van der Waals surface area contributed by atoms with E-state index in [4.69, 9.17) is 10.5 Å². The maximum Gasteiger partial charge on any atom is 0.323 e. The molecule has 1 atom stereocenters. The van der Waals surface area contributed by atoms with E-state index in [0.29, 0.717) is 6.42 Å². The summed E-state index contributed by atoms with van der Waals surface area (Å²) in [6.07, 6.45) is 1.66. The molecule has 0 aliphatic rings. The Hall–Kier alpha value is -0.660. The SMILES string of the molecule is CCCCS(=O)(=O)NCC[C@H](N)C(=O)OC(C)(C)C. The molecule has 0 rings (SSSR count). The van der Waals surface area contributed by atoms with Crippen LogP contribution in [0.3, 0.4) is 0 Å². The van der Waals surface area contributed by atoms with Crippen LogP contribution in [0, 0.1) is 0 Å². The average molecular weight is 294 g/mol. The normalized spacial score (nSPS) is 14.2. The molecule has 0 saturated heterocycles. The molecule has 0 radical (unpaired) electrons. The Morgan fingerprint density at radius 2 is 1.95 bits per heavy atom. The van der Waals surface area contributed by atoms with Crippen LogP contribution in [-0.4, -0.2) is 38.3 Å². The number of ether oxygens (including phenoxy) is 1. The molecule has 0 aromatic carbocycles. The van der Waals surface area contributed by atoms with Crippen molar-refractivity contribution >= 4 is 16.0 Å². The van der Waals surface area contributed by atoms with Gasteiger partial charge in [-0.3, -0.25) is 4.79 Å². The molecular formula is C12H26N2O4S. The Bertz CT molecular complexity index is 374. The summed E-state index contributed by atoms with van der Waals surface area (Å²) in [6, 6.07) is -0.812. The first-order valence-electron chi connectivity index (χ1n) is 6.53. The van der Waals surface area contributed by atoms with Crippen LogP contribution < -0.4 is 10.5 Å². The fraction of sp³-hybridized carbons (Fsp3) is 0.917. The van der Waals surface area contributed by atoms with Crippen molar-refractivity contribution in [2.24, 2.45) is 5.73 Å². The monoisotopic (exact) mass is 294 g/mol. The third-order valence-corrected chi connectivity index (χ3v) is 3.72. The average Bonchev–Trinajstić information content (AvgIpc) is 2.23. The highest BCUT2D eigenvalue weighted by atomic mass is 32.2. The van der Waals surface area contributed by atoms with Gasteiger partial charge in [0.2, 0.25) is 10.0 Å². The van der Waals surface area contributed by atoms with Gasteiger partial charge in [0, 0.05) is 6.54 Å². The van der Waals surface area contributed by atoms with Crippen LogP contribution >= 0.6 is 0 Å². The molecule has 7 heteroatoms. The Morgan fingerprint density at radius 3 is 2.42 bits per heavy atom. The molecule has 0 aromatic heterocycles. The number of carbonyl (C=O) groups excluding carboxylic acids is 1. The number of sulfonamides is 1. The fourth-order valence-corrected chi connectivity index (χ4v) is 2.51. The van der Waals surface area contributed by atoms with Crippen molar-refractivity contribution < 1.29 is 17.9 Å². The number of nitrogens with one attached hydrogen (secondary N) is 1. The second-order valence-electron chi connectivity index (χ2n) is 5.50. The van der Waals surface area contributed by atoms with Crippen LogP contribution in [0.2, 0.25) is 0 Å². The number of esters is 1. The molecule has 0 fully saturated rings. The summed E-state index contributed by atoms with van der Waals surface area (Å²) in [5.74, 6) is -0.411. The molecular weight excluding hydrogens is 268 g/mol. The zero-order valence-corrected chi connectivity index (χ0v) is 13.0. The minimum Gasteiger partial charge on any atom is -0.459 e. The highest BCUT2D eigenvalue weighted by Gasteiger charge is 2.22. The van der Waals surface area contributed by atoms with E-state index in [1.807, 2.05) is 6.92 Å². The van der Waals surface area contributed by atoms with Gasteiger partial charge in [0.1, 0.15) is 11.6 Å². The van der Waals surface area contributed by atoms with Crippen LogP contribution in [0.1, 0.15) is 47.0 Å². The topological polar surface area (TPSA) is 98.5 Å². The molecule has 0 unspecified atom stereocenters. The van der Waals surface area contributed by atoms with E-state index in [-0.39, 0.29) is 18.7 Å². The van der Waals surface area contributed by atoms with Gasteiger partial charge >= 0.3 is 5.97 Å². The van der Waals surface area contributed by atoms with Crippen molar-refractivity contribution in [2.45, 2.75) is 58.6 Å². The van der Waals surface area contributed by atoms with Gasteiger partial charge in [0.15, 0.2) is 0 Å². The van der Waals surface area contributed by atoms with Gasteiger partial charge in [-0.05, 0) is 33.6 Å². The Kier molecular flexibility index (Phi) is 7.54. The lowest BCUT2D eigenvalue weighted by Crippen LogP contribution is -2.40. The summed E-state index contributed by atoms with van der Waals surface area (Å²) >= 11 is 0. The van der Waals surface area contributed by atoms with E-state index in [0.717, 1.165) is 6.42 Å². The maximum atomic E-state index is 11.6. The number of carbonyl (C=O) groups is 1. The van der Waals surface area contributed by atoms with E-state index >= 15 is 0 Å². The zero-order valence-electron chi connectivity index (χ0n) is 12.2. The Balaban J connectivity index is 4.04. The lowest BCUT2D eigenvalue weighted by atomic mass is 10.1. The summed E-state index contributed by atoms with van der Waals surface area (Å²) in [5, 5.41) is 0. The van der Waals surface area contributed by atoms with Gasteiger partial charge in [-0.25, -0.2) is 13.1 Å². The zero-order chi connectivity index (χ0) is 15.1. The molecule has 0 bridgehead atoms. The van der Waals surface area contributed by atoms with Gasteiger partial charge in [0.25, 0.3) is 0 Å². The second kappa shape index (κ2) is 7.81. The smallest absolute Gasteiger partial charge is 0.323 e. The Morgan fingerprint density at radius 1 is 1.37 bits per heavy atom. The van der Waals surface area contributed by atoms with Crippen LogP contribution in [0.5, 0.6) is 0 Å². The summed E-state index contributed by atoms with van der Waals surface area (Å²) in [6.45, 7) is 7.33. The molecule has 3 N–H and O–H groups in total. The maximum absolute atomic E-state index is 11.6. The van der Waals surface area contributed by atoms with Crippen molar-refractivity contribution in [1.29, 1.82) is 0 Å². The van der Waals surface area contributed by atoms with Gasteiger partial charge in [0.05, 0.1) is 5.75 Å². The van der Waals surface area contributed by atoms with E-state index in [2.05, 4.69) is 4.72 Å². The number of rotatable bonds is 8. The van der Waals surface area contributed by atoms with Crippen LogP contribution in [0.25, 0.3) is 0 Å². The fourth-order valence-electron chi connectivity index (χ4n) is 1.27. The van der Waals surface area contributed by atoms with Gasteiger partial charge in [-0.15, -0.1) is 0 Å². The summed E-state index contributed by atoms with van der Waals surface area (Å²) in [5.41, 5.74) is 5.06. The first-order chi connectivity index (χ1) is 8.57. The van der Waals surface area contributed by atoms with E-state index in [9.17, 15) is 13.2 Å². The molecule has 0 aromatic rings. The number of unbranched alkanes of at least 4 members (excludes halogenated alkanes) is 1. The van der Waals surface area contributed by atoms with Crippen molar-refractivity contribution in [2.75, 3.05) is 12.3 Å². The van der Waals surface area contributed by atoms with Gasteiger partial charge < -0.3 is 10.5 Å². The van der Waals surface area contributed by atoms with Crippen LogP contribution in [0.4, 0.5) is 0 Å². The largest absolute Gasteiger partial charge is 0.459 e. The molecule has 0 heterocycles. The number of nitrogens with two attached hydrogens (primary N) is 1. The first-order valence-corrected chi connectivity index (χ1v) is 8.18. The van der Waals surface area contributed by atoms with E-state index in [1.165, 1.54) is 0 Å². The minimum atomic E-state index is -3.26. The minimum absolute atomic E-state index is 0.102. The molecule has 19 heavy (non-hydrogen) atoms. The summed E-state index contributed by atoms with van der Waals surface area (Å²) < 4.78 is 30.5.